The maximum absolute atomic E-state index is 2.50. The second-order valence-corrected chi connectivity index (χ2v) is 17.9. The van der Waals surface area contributed by atoms with Gasteiger partial charge in [0.05, 0.1) is 0 Å². The molecule has 61 heavy (non-hydrogen) atoms. The summed E-state index contributed by atoms with van der Waals surface area (Å²) in [5.41, 5.74) is 19.8. The van der Waals surface area contributed by atoms with E-state index in [2.05, 4.69) is 236 Å². The Morgan fingerprint density at radius 3 is 0.984 bits per heavy atom. The molecule has 0 amide bonds. The zero-order valence-electron chi connectivity index (χ0n) is 36.0. The topological polar surface area (TPSA) is 0 Å². The van der Waals surface area contributed by atoms with E-state index in [1.54, 1.807) is 0 Å². The van der Waals surface area contributed by atoms with Crippen molar-refractivity contribution >= 4 is 32.3 Å². The van der Waals surface area contributed by atoms with Crippen molar-refractivity contribution in [2.24, 2.45) is 0 Å². The van der Waals surface area contributed by atoms with E-state index in [0.717, 1.165) is 0 Å². The molecule has 0 atom stereocenters. The third-order valence-corrected chi connectivity index (χ3v) is 12.6. The molecule has 0 spiro atoms. The van der Waals surface area contributed by atoms with E-state index in [4.69, 9.17) is 0 Å². The number of fused-ring (bicyclic) bond motifs is 3. The quantitative estimate of drug-likeness (QED) is 0.147. The van der Waals surface area contributed by atoms with E-state index in [1.807, 2.05) is 0 Å². The molecule has 0 heterocycles. The van der Waals surface area contributed by atoms with Crippen molar-refractivity contribution in [3.05, 3.63) is 216 Å². The van der Waals surface area contributed by atoms with E-state index in [1.165, 1.54) is 121 Å². The lowest BCUT2D eigenvalue weighted by Crippen LogP contribution is -2.11. The van der Waals surface area contributed by atoms with Crippen LogP contribution in [0.3, 0.4) is 0 Å². The average molecular weight is 783 g/mol. The normalized spacial score (nSPS) is 11.8. The van der Waals surface area contributed by atoms with Crippen LogP contribution in [0, 0.1) is 20.8 Å². The maximum atomic E-state index is 2.50. The fraction of sp³-hybridized carbons (Fsp3) is 0.115. The van der Waals surface area contributed by atoms with Gasteiger partial charge in [-0.15, -0.1) is 0 Å². The summed E-state index contributed by atoms with van der Waals surface area (Å²) < 4.78 is 0. The lowest BCUT2D eigenvalue weighted by Gasteiger charge is -2.27. The molecule has 0 N–H and O–H groups in total. The van der Waals surface area contributed by atoms with Gasteiger partial charge in [0.25, 0.3) is 0 Å². The van der Waals surface area contributed by atoms with Gasteiger partial charge >= 0.3 is 0 Å². The van der Waals surface area contributed by atoms with Crippen LogP contribution in [-0.4, -0.2) is 0 Å². The Hall–Kier alpha value is -7.02. The molecular weight excluding hydrogens is 733 g/mol. The highest BCUT2D eigenvalue weighted by Gasteiger charge is 2.27. The van der Waals surface area contributed by atoms with Gasteiger partial charge in [0.2, 0.25) is 0 Å². The first-order chi connectivity index (χ1) is 29.6. The summed E-state index contributed by atoms with van der Waals surface area (Å²) in [5.74, 6) is 0. The molecule has 0 fully saturated rings. The van der Waals surface area contributed by atoms with Crippen molar-refractivity contribution in [3.63, 3.8) is 0 Å². The van der Waals surface area contributed by atoms with E-state index in [-0.39, 0.29) is 5.41 Å². The van der Waals surface area contributed by atoms with Gasteiger partial charge in [-0.1, -0.05) is 226 Å². The third kappa shape index (κ3) is 6.93. The van der Waals surface area contributed by atoms with Crippen molar-refractivity contribution in [1.29, 1.82) is 0 Å². The Balaban J connectivity index is 1.46. The zero-order chi connectivity index (χ0) is 41.8. The summed E-state index contributed by atoms with van der Waals surface area (Å²) in [7, 11) is 0. The monoisotopic (exact) mass is 782 g/mol. The maximum Gasteiger partial charge on any atom is -0.000139 e. The largest absolute Gasteiger partial charge is 0.0622 e. The van der Waals surface area contributed by atoms with Crippen molar-refractivity contribution in [1.82, 2.24) is 0 Å². The summed E-state index contributed by atoms with van der Waals surface area (Å²) >= 11 is 0. The van der Waals surface area contributed by atoms with Crippen LogP contribution in [-0.2, 0) is 5.41 Å². The minimum absolute atomic E-state index is 0.0477. The van der Waals surface area contributed by atoms with Crippen LogP contribution >= 0.6 is 0 Å². The van der Waals surface area contributed by atoms with Gasteiger partial charge in [-0.2, -0.15) is 0 Å². The van der Waals surface area contributed by atoms with Crippen LogP contribution in [0.4, 0.5) is 0 Å². The predicted molar refractivity (Wildman–Crippen MR) is 264 cm³/mol. The smallest absolute Gasteiger partial charge is 0.000139 e. The molecule has 294 valence electrons. The molecule has 0 bridgehead atoms. The van der Waals surface area contributed by atoms with Crippen LogP contribution in [0.15, 0.2) is 194 Å². The number of benzene rings is 10. The first-order valence-electron chi connectivity index (χ1n) is 21.6. The van der Waals surface area contributed by atoms with Crippen molar-refractivity contribution in [3.8, 4) is 66.8 Å². The molecule has 0 radical (unpaired) electrons. The summed E-state index contributed by atoms with van der Waals surface area (Å²) in [4.78, 5) is 0. The fourth-order valence-electron chi connectivity index (χ4n) is 9.37. The highest BCUT2D eigenvalue weighted by Crippen LogP contribution is 2.54. The summed E-state index contributed by atoms with van der Waals surface area (Å²) in [6.07, 6.45) is 0. The van der Waals surface area contributed by atoms with Gasteiger partial charge in [0.1, 0.15) is 0 Å². The molecule has 0 heteroatoms. The van der Waals surface area contributed by atoms with Gasteiger partial charge in [0, 0.05) is 0 Å². The fourth-order valence-corrected chi connectivity index (χ4v) is 9.37. The first-order valence-corrected chi connectivity index (χ1v) is 21.6. The summed E-state index contributed by atoms with van der Waals surface area (Å²) in [5, 5.41) is 7.61. The standard InChI is InChI=1S/C61H50/c1-39-17-22-46(23-18-39)55-51-35-21-41(3)37-53(51)57(48-30-26-44(27-31-48)42-13-9-7-10-14-42)59-56(47-24-19-40(2)20-25-47)52-36-34-50(61(4,5)6)38-54(52)58(60(55)59)49-32-28-45(29-33-49)43-15-11-8-12-16-43/h7-38H,1-6H3. The van der Waals surface area contributed by atoms with Gasteiger partial charge in [-0.3, -0.25) is 0 Å². The molecule has 0 saturated heterocycles. The molecule has 0 aliphatic heterocycles. The number of aryl methyl sites for hydroxylation is 3. The minimum Gasteiger partial charge on any atom is -0.0622 e. The van der Waals surface area contributed by atoms with E-state index in [9.17, 15) is 0 Å². The molecule has 0 aliphatic rings. The Morgan fingerprint density at radius 1 is 0.262 bits per heavy atom. The molecule has 0 aliphatic carbocycles. The Kier molecular flexibility index (Phi) is 9.53. The lowest BCUT2D eigenvalue weighted by atomic mass is 9.76. The van der Waals surface area contributed by atoms with Crippen molar-refractivity contribution < 1.29 is 0 Å². The van der Waals surface area contributed by atoms with Gasteiger partial charge in [0.15, 0.2) is 0 Å². The Morgan fingerprint density at radius 2 is 0.574 bits per heavy atom. The van der Waals surface area contributed by atoms with Gasteiger partial charge < -0.3 is 0 Å². The number of hydrogen-bond donors (Lipinski definition) is 0. The lowest BCUT2D eigenvalue weighted by molar-refractivity contribution is 0.591. The molecule has 0 nitrogen and oxygen atoms in total. The molecule has 0 unspecified atom stereocenters. The van der Waals surface area contributed by atoms with Gasteiger partial charge in [-0.25, -0.2) is 0 Å². The number of hydrogen-bond acceptors (Lipinski definition) is 0. The third-order valence-electron chi connectivity index (χ3n) is 12.6. The molecule has 0 saturated carbocycles. The van der Waals surface area contributed by atoms with E-state index < -0.39 is 0 Å². The van der Waals surface area contributed by atoms with E-state index >= 15 is 0 Å². The van der Waals surface area contributed by atoms with Crippen LogP contribution in [0.1, 0.15) is 43.0 Å². The summed E-state index contributed by atoms with van der Waals surface area (Å²) in [6, 6.07) is 72.9. The summed E-state index contributed by atoms with van der Waals surface area (Å²) in [6.45, 7) is 13.6. The van der Waals surface area contributed by atoms with E-state index in [0.29, 0.717) is 0 Å². The molecule has 10 aromatic rings. The molecule has 10 rings (SSSR count). The van der Waals surface area contributed by atoms with Crippen LogP contribution in [0.2, 0.25) is 0 Å². The van der Waals surface area contributed by atoms with Crippen LogP contribution < -0.4 is 0 Å². The highest BCUT2D eigenvalue weighted by molar-refractivity contribution is 6.34. The minimum atomic E-state index is -0.0477. The SMILES string of the molecule is Cc1ccc(-c2c3ccc(C)cc3c(-c3ccc(-c4ccccc4)cc3)c3c(-c4ccc(C)cc4)c4ccc(C(C)(C)C)cc4c(-c4ccc(-c5ccccc5)cc4)c23)cc1. The average Bonchev–Trinajstić information content (AvgIpc) is 3.28. The van der Waals surface area contributed by atoms with Crippen molar-refractivity contribution in [2.75, 3.05) is 0 Å². The highest BCUT2D eigenvalue weighted by atomic mass is 14.3. The van der Waals surface area contributed by atoms with Gasteiger partial charge in [-0.05, 0) is 137 Å². The molecule has 10 aromatic carbocycles. The van der Waals surface area contributed by atoms with Crippen molar-refractivity contribution in [2.45, 2.75) is 47.0 Å². The second kappa shape index (κ2) is 15.2. The molecular formula is C61H50. The zero-order valence-corrected chi connectivity index (χ0v) is 36.0. The second-order valence-electron chi connectivity index (χ2n) is 17.9. The van der Waals surface area contributed by atoms with Crippen LogP contribution in [0.25, 0.3) is 99.1 Å². The first kappa shape index (κ1) is 38.2. The Labute approximate surface area is 360 Å². The number of rotatable bonds is 6. The Bertz CT molecular complexity index is 3220. The molecule has 0 aromatic heterocycles. The van der Waals surface area contributed by atoms with Crippen LogP contribution in [0.5, 0.6) is 0 Å². The predicted octanol–water partition coefficient (Wildman–Crippen LogP) is 17.4.